The van der Waals surface area contributed by atoms with Crippen molar-refractivity contribution in [1.29, 1.82) is 0 Å². The molecule has 27 heavy (non-hydrogen) atoms. The lowest BCUT2D eigenvalue weighted by atomic mass is 10.1. The van der Waals surface area contributed by atoms with E-state index >= 15 is 0 Å². The van der Waals surface area contributed by atoms with E-state index in [1.807, 2.05) is 43.3 Å². The van der Waals surface area contributed by atoms with Crippen LogP contribution in [-0.4, -0.2) is 37.5 Å². The molecule has 2 amide bonds. The number of amides is 2. The van der Waals surface area contributed by atoms with Gasteiger partial charge in [-0.1, -0.05) is 19.1 Å². The molecule has 1 aromatic carbocycles. The predicted octanol–water partition coefficient (Wildman–Crippen LogP) is 3.43. The molecule has 1 saturated heterocycles. The molecule has 1 fully saturated rings. The highest BCUT2D eigenvalue weighted by atomic mass is 32.1. The summed E-state index contributed by atoms with van der Waals surface area (Å²) in [5.41, 5.74) is 1.61. The Kier molecular flexibility index (Phi) is 7.01. The van der Waals surface area contributed by atoms with Gasteiger partial charge in [-0.15, -0.1) is 11.3 Å². The van der Waals surface area contributed by atoms with E-state index in [0.29, 0.717) is 29.6 Å². The highest BCUT2D eigenvalue weighted by Gasteiger charge is 2.15. The molecule has 3 rings (SSSR count). The maximum Gasteiger partial charge on any atom is 0.261 e. The van der Waals surface area contributed by atoms with Gasteiger partial charge in [-0.3, -0.25) is 9.59 Å². The van der Waals surface area contributed by atoms with Crippen LogP contribution in [0.5, 0.6) is 0 Å². The van der Waals surface area contributed by atoms with Crippen molar-refractivity contribution in [3.05, 3.63) is 46.8 Å². The van der Waals surface area contributed by atoms with Crippen LogP contribution in [0.1, 0.15) is 52.6 Å². The van der Waals surface area contributed by atoms with Crippen molar-refractivity contribution in [1.82, 2.24) is 16.0 Å². The largest absolute Gasteiger partial charge is 0.352 e. The van der Waals surface area contributed by atoms with Gasteiger partial charge in [-0.2, -0.15) is 0 Å². The summed E-state index contributed by atoms with van der Waals surface area (Å²) in [4.78, 5) is 26.2. The van der Waals surface area contributed by atoms with Crippen LogP contribution in [0.25, 0.3) is 10.4 Å². The molecule has 1 aliphatic heterocycles. The maximum absolute atomic E-state index is 12.4. The van der Waals surface area contributed by atoms with Crippen molar-refractivity contribution in [2.45, 2.75) is 38.6 Å². The SMILES string of the molecule is CCCNC(=O)c1ccc(-c2cccc(C(=O)NCC[C@H]3CCCN3)c2)s1. The summed E-state index contributed by atoms with van der Waals surface area (Å²) in [6, 6.07) is 11.9. The van der Waals surface area contributed by atoms with Gasteiger partial charge in [-0.05, 0) is 62.1 Å². The van der Waals surface area contributed by atoms with Gasteiger partial charge >= 0.3 is 0 Å². The molecule has 0 spiro atoms. The van der Waals surface area contributed by atoms with Crippen LogP contribution >= 0.6 is 11.3 Å². The van der Waals surface area contributed by atoms with Gasteiger partial charge in [0.1, 0.15) is 0 Å². The Hall–Kier alpha value is -2.18. The second-order valence-corrected chi connectivity index (χ2v) is 7.92. The molecule has 144 valence electrons. The fraction of sp³-hybridized carbons (Fsp3) is 0.429. The van der Waals surface area contributed by atoms with Crippen LogP contribution in [0.2, 0.25) is 0 Å². The lowest BCUT2D eigenvalue weighted by Gasteiger charge is -2.11. The number of hydrogen-bond donors (Lipinski definition) is 3. The van der Waals surface area contributed by atoms with Crippen LogP contribution in [0.15, 0.2) is 36.4 Å². The third-order valence-corrected chi connectivity index (χ3v) is 5.85. The molecule has 0 aliphatic carbocycles. The fourth-order valence-electron chi connectivity index (χ4n) is 3.22. The molecule has 1 aliphatic rings. The van der Waals surface area contributed by atoms with Crippen LogP contribution in [-0.2, 0) is 0 Å². The van der Waals surface area contributed by atoms with Gasteiger partial charge in [0.05, 0.1) is 4.88 Å². The minimum atomic E-state index is -0.0488. The Labute approximate surface area is 164 Å². The molecule has 3 N–H and O–H groups in total. The molecule has 1 aromatic heterocycles. The highest BCUT2D eigenvalue weighted by molar-refractivity contribution is 7.17. The van der Waals surface area contributed by atoms with E-state index in [1.54, 1.807) is 0 Å². The Morgan fingerprint density at radius 3 is 2.78 bits per heavy atom. The summed E-state index contributed by atoms with van der Waals surface area (Å²) in [6.07, 6.45) is 4.29. The molecular formula is C21H27N3O2S. The molecule has 5 nitrogen and oxygen atoms in total. The molecule has 0 unspecified atom stereocenters. The van der Waals surface area contributed by atoms with Crippen molar-refractivity contribution in [2.75, 3.05) is 19.6 Å². The first-order chi connectivity index (χ1) is 13.2. The van der Waals surface area contributed by atoms with Crippen molar-refractivity contribution in [2.24, 2.45) is 0 Å². The Morgan fingerprint density at radius 1 is 1.15 bits per heavy atom. The van der Waals surface area contributed by atoms with Gasteiger partial charge in [0.15, 0.2) is 0 Å². The van der Waals surface area contributed by atoms with Crippen LogP contribution in [0.3, 0.4) is 0 Å². The predicted molar refractivity (Wildman–Crippen MR) is 110 cm³/mol. The van der Waals surface area contributed by atoms with Crippen LogP contribution < -0.4 is 16.0 Å². The average Bonchev–Trinajstić information content (AvgIpc) is 3.38. The first-order valence-corrected chi connectivity index (χ1v) is 10.5. The van der Waals surface area contributed by atoms with E-state index < -0.39 is 0 Å². The molecule has 0 saturated carbocycles. The first kappa shape index (κ1) is 19.6. The van der Waals surface area contributed by atoms with E-state index in [1.165, 1.54) is 24.2 Å². The van der Waals surface area contributed by atoms with Crippen molar-refractivity contribution in [3.63, 3.8) is 0 Å². The van der Waals surface area contributed by atoms with Gasteiger partial charge in [-0.25, -0.2) is 0 Å². The minimum absolute atomic E-state index is 0.0393. The maximum atomic E-state index is 12.4. The number of carbonyl (C=O) groups excluding carboxylic acids is 2. The van der Waals surface area contributed by atoms with Gasteiger partial charge in [0.2, 0.25) is 0 Å². The second kappa shape index (κ2) is 9.67. The highest BCUT2D eigenvalue weighted by Crippen LogP contribution is 2.28. The topological polar surface area (TPSA) is 70.2 Å². The Balaban J connectivity index is 1.60. The molecule has 2 heterocycles. The van der Waals surface area contributed by atoms with Gasteiger partial charge in [0.25, 0.3) is 11.8 Å². The Morgan fingerprint density at radius 2 is 2.00 bits per heavy atom. The lowest BCUT2D eigenvalue weighted by molar-refractivity contribution is 0.0946. The van der Waals surface area contributed by atoms with Crippen molar-refractivity contribution < 1.29 is 9.59 Å². The van der Waals surface area contributed by atoms with E-state index in [-0.39, 0.29) is 11.8 Å². The fourth-order valence-corrected chi connectivity index (χ4v) is 4.14. The van der Waals surface area contributed by atoms with Crippen LogP contribution in [0, 0.1) is 0 Å². The molecule has 6 heteroatoms. The number of rotatable bonds is 8. The summed E-state index contributed by atoms with van der Waals surface area (Å²) in [5.74, 6) is -0.0881. The summed E-state index contributed by atoms with van der Waals surface area (Å²) in [7, 11) is 0. The summed E-state index contributed by atoms with van der Waals surface area (Å²) >= 11 is 1.45. The van der Waals surface area contributed by atoms with E-state index in [4.69, 9.17) is 0 Å². The molecule has 2 aromatic rings. The quantitative estimate of drug-likeness (QED) is 0.652. The number of nitrogens with one attached hydrogen (secondary N) is 3. The lowest BCUT2D eigenvalue weighted by Crippen LogP contribution is -2.30. The van der Waals surface area contributed by atoms with Crippen LogP contribution in [0.4, 0.5) is 0 Å². The van der Waals surface area contributed by atoms with E-state index in [9.17, 15) is 9.59 Å². The summed E-state index contributed by atoms with van der Waals surface area (Å²) in [5, 5.41) is 9.35. The molecular weight excluding hydrogens is 358 g/mol. The van der Waals surface area contributed by atoms with E-state index in [0.717, 1.165) is 29.8 Å². The minimum Gasteiger partial charge on any atom is -0.352 e. The van der Waals surface area contributed by atoms with Gasteiger partial charge < -0.3 is 16.0 Å². The van der Waals surface area contributed by atoms with Crippen molar-refractivity contribution in [3.8, 4) is 10.4 Å². The van der Waals surface area contributed by atoms with Gasteiger partial charge in [0, 0.05) is 29.6 Å². The number of carbonyl (C=O) groups is 2. The zero-order valence-electron chi connectivity index (χ0n) is 15.7. The normalized spacial score (nSPS) is 16.3. The third-order valence-electron chi connectivity index (χ3n) is 4.72. The average molecular weight is 386 g/mol. The zero-order valence-corrected chi connectivity index (χ0v) is 16.5. The number of thiophene rings is 1. The summed E-state index contributed by atoms with van der Waals surface area (Å²) in [6.45, 7) is 4.47. The number of hydrogen-bond acceptors (Lipinski definition) is 4. The Bertz CT molecular complexity index is 781. The van der Waals surface area contributed by atoms with E-state index in [2.05, 4.69) is 16.0 Å². The molecule has 0 radical (unpaired) electrons. The second-order valence-electron chi connectivity index (χ2n) is 6.84. The standard InChI is InChI=1S/C21H27N3O2S/c1-2-11-23-21(26)19-9-8-18(27-19)15-5-3-6-16(14-15)20(25)24-13-10-17-7-4-12-22-17/h3,5-6,8-9,14,17,22H,2,4,7,10-13H2,1H3,(H,23,26)(H,24,25)/t17-/m1/s1. The first-order valence-electron chi connectivity index (χ1n) is 9.67. The van der Waals surface area contributed by atoms with Crippen molar-refractivity contribution >= 4 is 23.2 Å². The smallest absolute Gasteiger partial charge is 0.261 e. The third kappa shape index (κ3) is 5.40. The summed E-state index contributed by atoms with van der Waals surface area (Å²) < 4.78 is 0. The molecule has 0 bridgehead atoms. The monoisotopic (exact) mass is 385 g/mol. The number of benzene rings is 1. The zero-order chi connectivity index (χ0) is 19.1. The molecule has 1 atom stereocenters.